The number of hydrogen-bond acceptors (Lipinski definition) is 4. The van der Waals surface area contributed by atoms with E-state index in [4.69, 9.17) is 4.74 Å². The van der Waals surface area contributed by atoms with Gasteiger partial charge in [0.2, 0.25) is 0 Å². The van der Waals surface area contributed by atoms with Crippen molar-refractivity contribution in [2.75, 3.05) is 32.8 Å². The zero-order valence-corrected chi connectivity index (χ0v) is 13.4. The number of carbonyl (C=O) groups is 1. The molecule has 19 heavy (non-hydrogen) atoms. The van der Waals surface area contributed by atoms with Crippen LogP contribution >= 0.6 is 0 Å². The molecule has 0 aliphatic carbocycles. The molecule has 1 rings (SSSR count). The van der Waals surface area contributed by atoms with E-state index >= 15 is 0 Å². The van der Waals surface area contributed by atoms with Crippen molar-refractivity contribution in [3.05, 3.63) is 0 Å². The lowest BCUT2D eigenvalue weighted by atomic mass is 9.85. The largest absolute Gasteiger partial charge is 0.379 e. The van der Waals surface area contributed by atoms with Crippen LogP contribution in [0.3, 0.4) is 0 Å². The van der Waals surface area contributed by atoms with E-state index in [1.54, 1.807) is 0 Å². The van der Waals surface area contributed by atoms with E-state index in [0.29, 0.717) is 0 Å². The molecule has 1 fully saturated rings. The number of nitrogens with zero attached hydrogens (tertiary/aromatic N) is 1. The predicted octanol–water partition coefficient (Wildman–Crippen LogP) is 1.69. The van der Waals surface area contributed by atoms with Crippen LogP contribution in [0.25, 0.3) is 0 Å². The average molecular weight is 270 g/mol. The van der Waals surface area contributed by atoms with Gasteiger partial charge in [0.1, 0.15) is 0 Å². The summed E-state index contributed by atoms with van der Waals surface area (Å²) in [6.45, 7) is 16.4. The predicted molar refractivity (Wildman–Crippen MR) is 78.4 cm³/mol. The van der Waals surface area contributed by atoms with E-state index in [1.807, 2.05) is 20.8 Å². The van der Waals surface area contributed by atoms with E-state index in [-0.39, 0.29) is 22.8 Å². The standard InChI is InChI=1S/C15H30N2O2/c1-14(2,3)13(18)12(16-15(4,5)6)11-17-7-9-19-10-8-17/h12,16H,7-11H2,1-6H3. The molecule has 1 heterocycles. The van der Waals surface area contributed by atoms with Gasteiger partial charge in [0, 0.05) is 30.6 Å². The van der Waals surface area contributed by atoms with Gasteiger partial charge in [-0.2, -0.15) is 0 Å². The fourth-order valence-corrected chi connectivity index (χ4v) is 2.28. The Morgan fingerprint density at radius 2 is 1.68 bits per heavy atom. The van der Waals surface area contributed by atoms with E-state index in [2.05, 4.69) is 31.0 Å². The van der Waals surface area contributed by atoms with Crippen molar-refractivity contribution < 1.29 is 9.53 Å². The SMILES string of the molecule is CC(C)(C)NC(CN1CCOCC1)C(=O)C(C)(C)C. The minimum atomic E-state index is -0.310. The first-order chi connectivity index (χ1) is 8.59. The topological polar surface area (TPSA) is 41.6 Å². The maximum Gasteiger partial charge on any atom is 0.156 e. The van der Waals surface area contributed by atoms with E-state index in [1.165, 1.54) is 0 Å². The highest BCUT2D eigenvalue weighted by atomic mass is 16.5. The molecule has 1 aliphatic rings. The Morgan fingerprint density at radius 3 is 2.11 bits per heavy atom. The van der Waals surface area contributed by atoms with Gasteiger partial charge in [0.15, 0.2) is 5.78 Å². The molecule has 0 amide bonds. The van der Waals surface area contributed by atoms with Gasteiger partial charge < -0.3 is 10.1 Å². The number of morpholine rings is 1. The van der Waals surface area contributed by atoms with Crippen molar-refractivity contribution in [2.24, 2.45) is 5.41 Å². The molecule has 0 spiro atoms. The molecule has 4 heteroatoms. The maximum atomic E-state index is 12.6. The molecule has 0 radical (unpaired) electrons. The van der Waals surface area contributed by atoms with Crippen LogP contribution < -0.4 is 5.32 Å². The normalized spacial score (nSPS) is 20.3. The minimum Gasteiger partial charge on any atom is -0.379 e. The van der Waals surface area contributed by atoms with Crippen LogP contribution in [0, 0.1) is 5.41 Å². The van der Waals surface area contributed by atoms with Crippen LogP contribution in [0.1, 0.15) is 41.5 Å². The van der Waals surface area contributed by atoms with E-state index in [9.17, 15) is 4.79 Å². The van der Waals surface area contributed by atoms with Crippen LogP contribution in [0.5, 0.6) is 0 Å². The number of rotatable bonds is 4. The molecule has 4 nitrogen and oxygen atoms in total. The Labute approximate surface area is 117 Å². The molecule has 112 valence electrons. The first-order valence-corrected chi connectivity index (χ1v) is 7.22. The Balaban J connectivity index is 2.71. The van der Waals surface area contributed by atoms with Crippen LogP contribution in [-0.4, -0.2) is 55.1 Å². The average Bonchev–Trinajstić information content (AvgIpc) is 2.25. The van der Waals surface area contributed by atoms with Crippen molar-refractivity contribution in [1.82, 2.24) is 10.2 Å². The molecule has 1 atom stereocenters. The highest BCUT2D eigenvalue weighted by molar-refractivity contribution is 5.89. The second-order valence-electron chi connectivity index (χ2n) is 7.47. The fraction of sp³-hybridized carbons (Fsp3) is 0.933. The number of ketones is 1. The Morgan fingerprint density at radius 1 is 1.16 bits per heavy atom. The van der Waals surface area contributed by atoms with Gasteiger partial charge in [-0.1, -0.05) is 20.8 Å². The zero-order chi connectivity index (χ0) is 14.7. The molecule has 1 unspecified atom stereocenters. The summed E-state index contributed by atoms with van der Waals surface area (Å²) in [5.74, 6) is 0.286. The van der Waals surface area contributed by atoms with Crippen molar-refractivity contribution >= 4 is 5.78 Å². The van der Waals surface area contributed by atoms with Gasteiger partial charge in [-0.15, -0.1) is 0 Å². The Hall–Kier alpha value is -0.450. The summed E-state index contributed by atoms with van der Waals surface area (Å²) < 4.78 is 5.36. The summed E-state index contributed by atoms with van der Waals surface area (Å²) in [4.78, 5) is 14.9. The molecule has 0 saturated carbocycles. The molecule has 0 bridgehead atoms. The zero-order valence-electron chi connectivity index (χ0n) is 13.4. The fourth-order valence-electron chi connectivity index (χ4n) is 2.28. The molecule has 1 N–H and O–H groups in total. The lowest BCUT2D eigenvalue weighted by molar-refractivity contribution is -0.129. The lowest BCUT2D eigenvalue weighted by Crippen LogP contribution is -2.56. The molecule has 1 aliphatic heterocycles. The van der Waals surface area contributed by atoms with Gasteiger partial charge in [-0.05, 0) is 20.8 Å². The molecule has 0 aromatic rings. The highest BCUT2D eigenvalue weighted by Gasteiger charge is 2.33. The van der Waals surface area contributed by atoms with E-state index in [0.717, 1.165) is 32.8 Å². The summed E-state index contributed by atoms with van der Waals surface area (Å²) in [6.07, 6.45) is 0. The van der Waals surface area contributed by atoms with Crippen LogP contribution in [-0.2, 0) is 9.53 Å². The Bertz CT molecular complexity index is 296. The van der Waals surface area contributed by atoms with Crippen molar-refractivity contribution in [3.8, 4) is 0 Å². The summed E-state index contributed by atoms with van der Waals surface area (Å²) in [5.41, 5.74) is -0.368. The highest BCUT2D eigenvalue weighted by Crippen LogP contribution is 2.19. The maximum absolute atomic E-state index is 12.6. The minimum absolute atomic E-state index is 0.0577. The van der Waals surface area contributed by atoms with Gasteiger partial charge >= 0.3 is 0 Å². The van der Waals surface area contributed by atoms with Crippen LogP contribution in [0.2, 0.25) is 0 Å². The number of nitrogens with one attached hydrogen (secondary N) is 1. The summed E-state index contributed by atoms with van der Waals surface area (Å²) >= 11 is 0. The molecular weight excluding hydrogens is 240 g/mol. The number of carbonyl (C=O) groups excluding carboxylic acids is 1. The summed E-state index contributed by atoms with van der Waals surface area (Å²) in [6, 6.07) is -0.113. The number of Topliss-reactive ketones (excluding diaryl/α,β-unsaturated/α-hetero) is 1. The molecule has 1 saturated heterocycles. The van der Waals surface area contributed by atoms with Crippen LogP contribution in [0.4, 0.5) is 0 Å². The van der Waals surface area contributed by atoms with Gasteiger partial charge in [-0.3, -0.25) is 9.69 Å². The van der Waals surface area contributed by atoms with Crippen molar-refractivity contribution in [1.29, 1.82) is 0 Å². The second kappa shape index (κ2) is 6.33. The first kappa shape index (κ1) is 16.6. The van der Waals surface area contributed by atoms with Gasteiger partial charge in [0.05, 0.1) is 19.3 Å². The lowest BCUT2D eigenvalue weighted by Gasteiger charge is -2.36. The second-order valence-corrected chi connectivity index (χ2v) is 7.47. The molecule has 0 aromatic heterocycles. The van der Waals surface area contributed by atoms with Crippen molar-refractivity contribution in [3.63, 3.8) is 0 Å². The summed E-state index contributed by atoms with van der Waals surface area (Å²) in [7, 11) is 0. The van der Waals surface area contributed by atoms with Gasteiger partial charge in [0.25, 0.3) is 0 Å². The third kappa shape index (κ3) is 6.02. The molecular formula is C15H30N2O2. The third-order valence-corrected chi connectivity index (χ3v) is 3.21. The number of ether oxygens (including phenoxy) is 1. The van der Waals surface area contributed by atoms with Crippen molar-refractivity contribution in [2.45, 2.75) is 53.1 Å². The van der Waals surface area contributed by atoms with Crippen LogP contribution in [0.15, 0.2) is 0 Å². The Kier molecular flexibility index (Phi) is 5.53. The smallest absolute Gasteiger partial charge is 0.156 e. The number of hydrogen-bond donors (Lipinski definition) is 1. The molecule has 0 aromatic carbocycles. The van der Waals surface area contributed by atoms with Gasteiger partial charge in [-0.25, -0.2) is 0 Å². The first-order valence-electron chi connectivity index (χ1n) is 7.22. The summed E-state index contributed by atoms with van der Waals surface area (Å²) in [5, 5.41) is 3.48. The quantitative estimate of drug-likeness (QED) is 0.844. The third-order valence-electron chi connectivity index (χ3n) is 3.21. The van der Waals surface area contributed by atoms with E-state index < -0.39 is 0 Å². The monoisotopic (exact) mass is 270 g/mol.